The second-order valence-corrected chi connectivity index (χ2v) is 5.45. The summed E-state index contributed by atoms with van der Waals surface area (Å²) < 4.78 is 18.4. The molecule has 2 rings (SSSR count). The van der Waals surface area contributed by atoms with Gasteiger partial charge in [0.2, 0.25) is 0 Å². The Morgan fingerprint density at radius 1 is 1.54 bits per heavy atom. The van der Waals surface area contributed by atoms with E-state index in [1.165, 1.54) is 6.92 Å². The molecule has 8 nitrogen and oxygen atoms in total. The summed E-state index contributed by atoms with van der Waals surface area (Å²) in [7, 11) is 10.6. The lowest BCUT2D eigenvalue weighted by Crippen LogP contribution is -2.54. The Morgan fingerprint density at radius 2 is 2.17 bits per heavy atom. The Morgan fingerprint density at radius 3 is 2.67 bits per heavy atom. The van der Waals surface area contributed by atoms with Crippen molar-refractivity contribution >= 4 is 15.7 Å². The number of alkyl halides is 1. The Kier molecular flexibility index (Phi) is 4.79. The van der Waals surface area contributed by atoms with Crippen LogP contribution in [-0.2, 0) is 4.74 Å². The van der Waals surface area contributed by atoms with Crippen LogP contribution < -0.4 is 11.2 Å². The minimum atomic E-state index is -2.58. The number of H-pyrrole nitrogens is 1. The first-order valence-corrected chi connectivity index (χ1v) is 6.77. The summed E-state index contributed by atoms with van der Waals surface area (Å²) in [5.74, 6) is 3.98. The van der Waals surface area contributed by atoms with Crippen LogP contribution in [-0.4, -0.2) is 70.4 Å². The SMILES string of the molecule is [B]C([B])(O)C1O[C@@H](n2c(C)cc(=O)[nH]c2=O)C(O)(C#CCF)[C@H]1O. The fraction of sp³-hybridized carbons (Fsp3) is 0.538. The van der Waals surface area contributed by atoms with E-state index in [0.717, 1.165) is 10.6 Å². The number of aromatic amines is 1. The summed E-state index contributed by atoms with van der Waals surface area (Å²) in [4.78, 5) is 25.3. The predicted molar refractivity (Wildman–Crippen MR) is 81.1 cm³/mol. The van der Waals surface area contributed by atoms with Crippen molar-refractivity contribution in [3.63, 3.8) is 0 Å². The van der Waals surface area contributed by atoms with Crippen LogP contribution in [0.1, 0.15) is 11.9 Å². The maximum absolute atomic E-state index is 12.4. The zero-order chi connectivity index (χ0) is 18.3. The molecule has 1 aromatic rings. The van der Waals surface area contributed by atoms with E-state index in [4.69, 9.17) is 20.4 Å². The van der Waals surface area contributed by atoms with Crippen LogP contribution in [0.25, 0.3) is 0 Å². The third-order valence-corrected chi connectivity index (χ3v) is 3.60. The highest BCUT2D eigenvalue weighted by atomic mass is 19.1. The topological polar surface area (TPSA) is 125 Å². The number of aromatic nitrogens is 2. The van der Waals surface area contributed by atoms with Crippen molar-refractivity contribution in [1.29, 1.82) is 0 Å². The van der Waals surface area contributed by atoms with E-state index in [1.807, 2.05) is 10.9 Å². The second-order valence-electron chi connectivity index (χ2n) is 5.45. The average molecular weight is 334 g/mol. The zero-order valence-electron chi connectivity index (χ0n) is 12.6. The average Bonchev–Trinajstić information content (AvgIpc) is 2.69. The molecule has 0 aromatic carbocycles. The molecule has 1 aliphatic rings. The summed E-state index contributed by atoms with van der Waals surface area (Å²) >= 11 is 0. The van der Waals surface area contributed by atoms with Crippen LogP contribution in [0.5, 0.6) is 0 Å². The number of aryl methyl sites for hydroxylation is 1. The van der Waals surface area contributed by atoms with E-state index in [0.29, 0.717) is 0 Å². The standard InChI is InChI=1S/C13H13B2FN2O6/c1-6-5-7(19)17-11(21)18(6)10-12(22,3-2-4-16)8(20)9(24-10)13(14,15)23/h5,8-10,20,22-23H,4H2,1H3,(H,17,19,21)/t8-,9?,10+,12?/m0/s1. The summed E-state index contributed by atoms with van der Waals surface area (Å²) in [6.45, 7) is 0.210. The lowest BCUT2D eigenvalue weighted by molar-refractivity contribution is -0.0871. The van der Waals surface area contributed by atoms with Crippen molar-refractivity contribution in [3.8, 4) is 11.8 Å². The van der Waals surface area contributed by atoms with E-state index >= 15 is 0 Å². The van der Waals surface area contributed by atoms with Gasteiger partial charge in [-0.05, 0) is 6.92 Å². The number of rotatable bonds is 2. The molecule has 11 heteroatoms. The van der Waals surface area contributed by atoms with Gasteiger partial charge in [-0.1, -0.05) is 11.8 Å². The second kappa shape index (κ2) is 6.22. The highest BCUT2D eigenvalue weighted by Crippen LogP contribution is 2.40. The number of aliphatic hydroxyl groups is 3. The molecule has 1 aromatic heterocycles. The molecular weight excluding hydrogens is 321 g/mol. The van der Waals surface area contributed by atoms with Crippen molar-refractivity contribution in [1.82, 2.24) is 9.55 Å². The van der Waals surface area contributed by atoms with Crippen LogP contribution in [0, 0.1) is 18.8 Å². The molecule has 0 amide bonds. The van der Waals surface area contributed by atoms with Gasteiger partial charge in [0, 0.05) is 17.2 Å². The molecule has 0 saturated carbocycles. The predicted octanol–water partition coefficient (Wildman–Crippen LogP) is -3.21. The van der Waals surface area contributed by atoms with Gasteiger partial charge in [0.05, 0.1) is 0 Å². The lowest BCUT2D eigenvalue weighted by atomic mass is 9.60. The number of hydrogen-bond donors (Lipinski definition) is 4. The van der Waals surface area contributed by atoms with Crippen LogP contribution in [0.4, 0.5) is 4.39 Å². The van der Waals surface area contributed by atoms with E-state index in [-0.39, 0.29) is 5.69 Å². The number of nitrogens with one attached hydrogen (secondary N) is 1. The van der Waals surface area contributed by atoms with Gasteiger partial charge in [-0.2, -0.15) is 0 Å². The summed E-state index contributed by atoms with van der Waals surface area (Å²) in [6, 6.07) is 1.03. The Labute approximate surface area is 138 Å². The molecule has 1 aliphatic heterocycles. The molecule has 124 valence electrons. The number of nitrogens with zero attached hydrogens (tertiary/aromatic N) is 1. The Balaban J connectivity index is 2.66. The van der Waals surface area contributed by atoms with E-state index in [9.17, 15) is 29.3 Å². The third-order valence-electron chi connectivity index (χ3n) is 3.60. The summed E-state index contributed by atoms with van der Waals surface area (Å²) in [5, 5.41) is 28.0. The first-order chi connectivity index (χ1) is 11.0. The quantitative estimate of drug-likeness (QED) is 0.333. The highest BCUT2D eigenvalue weighted by Gasteiger charge is 2.59. The normalized spacial score (nSPS) is 30.0. The first kappa shape index (κ1) is 18.5. The molecular formula is C13H13B2FN2O6. The fourth-order valence-corrected chi connectivity index (χ4v) is 2.54. The van der Waals surface area contributed by atoms with Crippen molar-refractivity contribution in [2.75, 3.05) is 6.67 Å². The molecule has 1 saturated heterocycles. The van der Waals surface area contributed by atoms with Gasteiger partial charge < -0.3 is 20.1 Å². The fourth-order valence-electron chi connectivity index (χ4n) is 2.54. The summed E-state index contributed by atoms with van der Waals surface area (Å²) in [6.07, 6.45) is -5.43. The van der Waals surface area contributed by atoms with Gasteiger partial charge in [-0.25, -0.2) is 9.18 Å². The van der Waals surface area contributed by atoms with Crippen molar-refractivity contribution in [2.24, 2.45) is 0 Å². The maximum atomic E-state index is 12.4. The van der Waals surface area contributed by atoms with Gasteiger partial charge >= 0.3 is 5.69 Å². The van der Waals surface area contributed by atoms with Crippen LogP contribution in [0.3, 0.4) is 0 Å². The molecule has 0 bridgehead atoms. The molecule has 24 heavy (non-hydrogen) atoms. The van der Waals surface area contributed by atoms with Crippen molar-refractivity contribution in [3.05, 3.63) is 32.6 Å². The maximum Gasteiger partial charge on any atom is 0.330 e. The molecule has 2 unspecified atom stereocenters. The van der Waals surface area contributed by atoms with E-state index in [2.05, 4.69) is 5.92 Å². The molecule has 0 spiro atoms. The highest BCUT2D eigenvalue weighted by molar-refractivity contribution is 6.39. The smallest absolute Gasteiger partial charge is 0.330 e. The molecule has 0 aliphatic carbocycles. The van der Waals surface area contributed by atoms with E-state index < -0.39 is 47.4 Å². The molecule has 4 N–H and O–H groups in total. The van der Waals surface area contributed by atoms with Crippen LogP contribution >= 0.6 is 0 Å². The van der Waals surface area contributed by atoms with E-state index in [1.54, 1.807) is 0 Å². The Bertz CT molecular complexity index is 808. The van der Waals surface area contributed by atoms with Gasteiger partial charge in [0.1, 0.15) is 34.6 Å². The third kappa shape index (κ3) is 3.06. The largest absolute Gasteiger partial charge is 0.406 e. The van der Waals surface area contributed by atoms with Gasteiger partial charge in [0.25, 0.3) is 5.56 Å². The van der Waals surface area contributed by atoms with Gasteiger partial charge in [0.15, 0.2) is 11.8 Å². The number of aliphatic hydroxyl groups excluding tert-OH is 1. The Hall–Kier alpha value is -1.86. The summed E-state index contributed by atoms with van der Waals surface area (Å²) in [5.41, 5.74) is -4.14. The molecule has 4 radical (unpaired) electrons. The van der Waals surface area contributed by atoms with Crippen molar-refractivity contribution in [2.45, 2.75) is 36.4 Å². The minimum Gasteiger partial charge on any atom is -0.406 e. The van der Waals surface area contributed by atoms with Gasteiger partial charge in [-0.15, -0.1) is 0 Å². The lowest BCUT2D eigenvalue weighted by Gasteiger charge is -2.29. The van der Waals surface area contributed by atoms with Crippen molar-refractivity contribution < 1.29 is 24.4 Å². The molecule has 1 fully saturated rings. The monoisotopic (exact) mass is 334 g/mol. The van der Waals surface area contributed by atoms with Crippen LogP contribution in [0.2, 0.25) is 0 Å². The van der Waals surface area contributed by atoms with Gasteiger partial charge in [-0.3, -0.25) is 14.3 Å². The number of hydrogen-bond acceptors (Lipinski definition) is 6. The minimum absolute atomic E-state index is 0.0552. The first-order valence-electron chi connectivity index (χ1n) is 6.77. The molecule has 2 heterocycles. The zero-order valence-corrected chi connectivity index (χ0v) is 12.6. The molecule has 4 atom stereocenters. The number of halogens is 1. The van der Waals surface area contributed by atoms with Crippen LogP contribution in [0.15, 0.2) is 15.7 Å². The number of ether oxygens (including phenoxy) is 1.